The van der Waals surface area contributed by atoms with Crippen molar-refractivity contribution in [1.82, 2.24) is 14.5 Å². The molecule has 2 aromatic carbocycles. The van der Waals surface area contributed by atoms with E-state index in [4.69, 9.17) is 15.2 Å². The molecule has 1 saturated heterocycles. The lowest BCUT2D eigenvalue weighted by Gasteiger charge is -2.51. The molecule has 3 N–H and O–H groups in total. The van der Waals surface area contributed by atoms with Gasteiger partial charge in [-0.2, -0.15) is 8.42 Å². The number of methoxy groups -OCH3 is 1. The van der Waals surface area contributed by atoms with Gasteiger partial charge in [-0.1, -0.05) is 42.5 Å². The number of likely N-dealkylation sites (tertiary alicyclic amines) is 1. The molecule has 0 aliphatic carbocycles. The third kappa shape index (κ3) is 5.59. The second-order valence-electron chi connectivity index (χ2n) is 9.10. The number of hydrogen-bond donors (Lipinski definition) is 2. The van der Waals surface area contributed by atoms with Gasteiger partial charge >= 0.3 is 10.1 Å². The van der Waals surface area contributed by atoms with Crippen LogP contribution < -0.4 is 10.5 Å². The average molecular weight is 515 g/mol. The summed E-state index contributed by atoms with van der Waals surface area (Å²) in [6.07, 6.45) is 0.570. The van der Waals surface area contributed by atoms with Gasteiger partial charge in [0.1, 0.15) is 5.75 Å². The van der Waals surface area contributed by atoms with Crippen LogP contribution >= 0.6 is 0 Å². The van der Waals surface area contributed by atoms with Gasteiger partial charge in [-0.05, 0) is 29.7 Å². The third-order valence-electron chi connectivity index (χ3n) is 6.40. The Balaban J connectivity index is 1.62. The predicted octanol–water partition coefficient (Wildman–Crippen LogP) is 1.71. The van der Waals surface area contributed by atoms with E-state index in [1.54, 1.807) is 13.2 Å². The van der Waals surface area contributed by atoms with E-state index in [9.17, 15) is 17.8 Å². The summed E-state index contributed by atoms with van der Waals surface area (Å²) in [5, 5.41) is -0.587. The van der Waals surface area contributed by atoms with E-state index >= 15 is 0 Å². The summed E-state index contributed by atoms with van der Waals surface area (Å²) in [7, 11) is -1.37. The molecule has 1 atom stereocenters. The third-order valence-corrected chi connectivity index (χ3v) is 7.12. The molecule has 1 aliphatic rings. The molecule has 1 fully saturated rings. The second kappa shape index (κ2) is 10.4. The van der Waals surface area contributed by atoms with Crippen LogP contribution in [0, 0.1) is 0 Å². The Bertz CT molecular complexity index is 1320. The minimum atomic E-state index is -4.55. The summed E-state index contributed by atoms with van der Waals surface area (Å²) >= 11 is 0. The van der Waals surface area contributed by atoms with Gasteiger partial charge in [0.25, 0.3) is 5.91 Å². The van der Waals surface area contributed by atoms with Gasteiger partial charge in [0.15, 0.2) is 5.82 Å². The lowest BCUT2D eigenvalue weighted by molar-refractivity contribution is -0.125. The number of nitrogens with zero attached hydrogens (tertiary/aromatic N) is 3. The van der Waals surface area contributed by atoms with Gasteiger partial charge in [-0.25, -0.2) is 4.98 Å². The first-order valence-corrected chi connectivity index (χ1v) is 12.9. The molecule has 1 aromatic heterocycles. The van der Waals surface area contributed by atoms with Crippen molar-refractivity contribution in [2.45, 2.75) is 23.0 Å². The Hall–Kier alpha value is -3.25. The monoisotopic (exact) mass is 514 g/mol. The van der Waals surface area contributed by atoms with Crippen molar-refractivity contribution >= 4 is 16.0 Å². The second-order valence-corrected chi connectivity index (χ2v) is 10.5. The number of amides is 1. The van der Waals surface area contributed by atoms with Crippen LogP contribution in [0.15, 0.2) is 65.8 Å². The maximum atomic E-state index is 12.3. The molecule has 2 heterocycles. The Morgan fingerprint density at radius 1 is 1.19 bits per heavy atom. The summed E-state index contributed by atoms with van der Waals surface area (Å²) in [5.74, 6) is -0.478. The fourth-order valence-electron chi connectivity index (χ4n) is 4.66. The molecule has 36 heavy (non-hydrogen) atoms. The van der Waals surface area contributed by atoms with Gasteiger partial charge in [-0.15, -0.1) is 0 Å². The number of carbonyl (C=O) groups is 1. The molecule has 4 rings (SSSR count). The minimum absolute atomic E-state index is 0.0334. The van der Waals surface area contributed by atoms with Crippen molar-refractivity contribution in [1.29, 1.82) is 0 Å². The van der Waals surface area contributed by atoms with Crippen LogP contribution in [0.3, 0.4) is 0 Å². The molecule has 3 aromatic rings. The summed E-state index contributed by atoms with van der Waals surface area (Å²) in [5.41, 5.74) is 7.70. The van der Waals surface area contributed by atoms with E-state index in [-0.39, 0.29) is 11.2 Å². The van der Waals surface area contributed by atoms with Crippen LogP contribution in [-0.4, -0.2) is 66.7 Å². The van der Waals surface area contributed by atoms with Gasteiger partial charge in [0.2, 0.25) is 11.1 Å². The van der Waals surface area contributed by atoms with E-state index in [0.717, 1.165) is 37.8 Å². The maximum Gasteiger partial charge on any atom is 0.313 e. The molecule has 0 spiro atoms. The maximum absolute atomic E-state index is 12.3. The summed E-state index contributed by atoms with van der Waals surface area (Å²) < 4.78 is 44.8. The van der Waals surface area contributed by atoms with Gasteiger partial charge in [0.05, 0.1) is 6.61 Å². The first-order valence-electron chi connectivity index (χ1n) is 11.4. The standard InChI is InChI=1S/C25H30N4O6S/c1-28-15-21(36(31,32)33)27-24(28)22(23(26)30)35-20-10-6-9-19(13-20)25(14-18-7-4-3-5-8-18)16-29(17-25)11-12-34-2/h3-10,13,15,22H,11-12,14,16-17H2,1-2H3,(H2,26,30)(H,31,32,33). The van der Waals surface area contributed by atoms with E-state index in [1.807, 2.05) is 36.4 Å². The van der Waals surface area contributed by atoms with Gasteiger partial charge in [-0.3, -0.25) is 14.2 Å². The van der Waals surface area contributed by atoms with Crippen LogP contribution in [0.2, 0.25) is 0 Å². The summed E-state index contributed by atoms with van der Waals surface area (Å²) in [4.78, 5) is 18.5. The number of aryl methyl sites for hydroxylation is 1. The van der Waals surface area contributed by atoms with Crippen molar-refractivity contribution in [2.24, 2.45) is 12.8 Å². The average Bonchev–Trinajstić information content (AvgIpc) is 3.21. The number of carbonyl (C=O) groups excluding carboxylic acids is 1. The molecule has 0 radical (unpaired) electrons. The number of primary amides is 1. The topological polar surface area (TPSA) is 137 Å². The molecule has 192 valence electrons. The molecule has 11 heteroatoms. The lowest BCUT2D eigenvalue weighted by atomic mass is 9.69. The van der Waals surface area contributed by atoms with Gasteiger partial charge < -0.3 is 19.8 Å². The van der Waals surface area contributed by atoms with E-state index in [0.29, 0.717) is 12.4 Å². The van der Waals surface area contributed by atoms with Crippen molar-refractivity contribution < 1.29 is 27.2 Å². The fraction of sp³-hybridized carbons (Fsp3) is 0.360. The van der Waals surface area contributed by atoms with Crippen molar-refractivity contribution in [2.75, 3.05) is 33.4 Å². The number of benzene rings is 2. The molecule has 1 amide bonds. The highest BCUT2D eigenvalue weighted by Gasteiger charge is 2.44. The molecular formula is C25H30N4O6S. The number of aromatic nitrogens is 2. The van der Waals surface area contributed by atoms with Crippen LogP contribution in [0.4, 0.5) is 0 Å². The van der Waals surface area contributed by atoms with E-state index in [2.05, 4.69) is 22.0 Å². The zero-order valence-electron chi connectivity index (χ0n) is 20.2. The number of imidazole rings is 1. The number of nitrogens with two attached hydrogens (primary N) is 1. The molecule has 1 unspecified atom stereocenters. The Kier molecular flexibility index (Phi) is 7.46. The number of rotatable bonds is 11. The van der Waals surface area contributed by atoms with Crippen LogP contribution in [0.5, 0.6) is 5.75 Å². The SMILES string of the molecule is COCCN1CC(Cc2ccccc2)(c2cccc(OC(C(N)=O)c3nc(S(=O)(=O)O)cn3C)c2)C1. The van der Waals surface area contributed by atoms with Crippen molar-refractivity contribution in [3.8, 4) is 5.75 Å². The predicted molar refractivity (Wildman–Crippen MR) is 132 cm³/mol. The molecule has 1 aliphatic heterocycles. The first kappa shape index (κ1) is 25.8. The van der Waals surface area contributed by atoms with E-state index < -0.39 is 27.2 Å². The number of ether oxygens (including phenoxy) is 2. The Morgan fingerprint density at radius 2 is 1.92 bits per heavy atom. The van der Waals surface area contributed by atoms with E-state index in [1.165, 1.54) is 17.2 Å². The summed E-state index contributed by atoms with van der Waals surface area (Å²) in [6, 6.07) is 17.8. The Labute approximate surface area is 210 Å². The fourth-order valence-corrected chi connectivity index (χ4v) is 5.17. The molecule has 0 saturated carbocycles. The zero-order chi connectivity index (χ0) is 25.9. The normalized spacial score (nSPS) is 16.3. The van der Waals surface area contributed by atoms with Crippen LogP contribution in [0.1, 0.15) is 23.1 Å². The number of hydrogen-bond acceptors (Lipinski definition) is 7. The molecule has 0 bridgehead atoms. The quantitative estimate of drug-likeness (QED) is 0.369. The largest absolute Gasteiger partial charge is 0.473 e. The summed E-state index contributed by atoms with van der Waals surface area (Å²) in [6.45, 7) is 3.17. The highest BCUT2D eigenvalue weighted by molar-refractivity contribution is 7.85. The molecular weight excluding hydrogens is 484 g/mol. The highest BCUT2D eigenvalue weighted by atomic mass is 32.2. The minimum Gasteiger partial charge on any atom is -0.473 e. The zero-order valence-corrected chi connectivity index (χ0v) is 21.0. The lowest BCUT2D eigenvalue weighted by Crippen LogP contribution is -2.61. The Morgan fingerprint density at radius 3 is 2.53 bits per heavy atom. The first-order chi connectivity index (χ1) is 17.1. The highest BCUT2D eigenvalue weighted by Crippen LogP contribution is 2.39. The van der Waals surface area contributed by atoms with Crippen LogP contribution in [-0.2, 0) is 38.5 Å². The van der Waals surface area contributed by atoms with Crippen molar-refractivity contribution in [3.63, 3.8) is 0 Å². The van der Waals surface area contributed by atoms with Gasteiger partial charge in [0, 0.05) is 45.4 Å². The van der Waals surface area contributed by atoms with Crippen molar-refractivity contribution in [3.05, 3.63) is 77.7 Å². The molecule has 10 nitrogen and oxygen atoms in total. The smallest absolute Gasteiger partial charge is 0.313 e. The van der Waals surface area contributed by atoms with Crippen LogP contribution in [0.25, 0.3) is 0 Å².